The topological polar surface area (TPSA) is 34.2 Å². The van der Waals surface area contributed by atoms with Gasteiger partial charge in [-0.15, -0.1) is 11.3 Å². The van der Waals surface area contributed by atoms with E-state index in [-0.39, 0.29) is 6.04 Å². The summed E-state index contributed by atoms with van der Waals surface area (Å²) in [6, 6.07) is 10.3. The number of hydroxylamine groups is 1. The Labute approximate surface area is 105 Å². The van der Waals surface area contributed by atoms with E-state index in [1.54, 1.807) is 11.3 Å². The molecule has 4 heteroatoms. The maximum Gasteiger partial charge on any atom is 0.0933 e. The van der Waals surface area contributed by atoms with Gasteiger partial charge in [-0.2, -0.15) is 5.48 Å². The monoisotopic (exact) mass is 248 g/mol. The van der Waals surface area contributed by atoms with Crippen molar-refractivity contribution in [1.82, 2.24) is 10.5 Å². The molecule has 0 aliphatic heterocycles. The van der Waals surface area contributed by atoms with Crippen LogP contribution in [-0.2, 0) is 11.4 Å². The number of nitrogens with one attached hydrogen (secondary N) is 1. The Hall–Kier alpha value is -1.23. The first-order chi connectivity index (χ1) is 8.27. The maximum atomic E-state index is 5.49. The molecule has 0 radical (unpaired) electrons. The van der Waals surface area contributed by atoms with Crippen molar-refractivity contribution in [3.8, 4) is 0 Å². The predicted octanol–water partition coefficient (Wildman–Crippen LogP) is 3.23. The number of hydrogen-bond donors (Lipinski definition) is 1. The fourth-order valence-corrected chi connectivity index (χ4v) is 2.40. The fraction of sp³-hybridized carbons (Fsp3) is 0.308. The second kappa shape index (κ2) is 5.91. The molecule has 1 N–H and O–H groups in total. The lowest BCUT2D eigenvalue weighted by Crippen LogP contribution is -2.18. The lowest BCUT2D eigenvalue weighted by atomic mass is 10.2. The van der Waals surface area contributed by atoms with Gasteiger partial charge >= 0.3 is 0 Å². The lowest BCUT2D eigenvalue weighted by Gasteiger charge is -2.12. The SMILES string of the molecule is Cc1ncsc1C(C)NOCc1ccccc1. The Kier molecular flexibility index (Phi) is 4.25. The molecule has 0 bridgehead atoms. The van der Waals surface area contributed by atoms with E-state index in [1.165, 1.54) is 4.88 Å². The van der Waals surface area contributed by atoms with Crippen molar-refractivity contribution in [2.24, 2.45) is 0 Å². The molecule has 3 nitrogen and oxygen atoms in total. The summed E-state index contributed by atoms with van der Waals surface area (Å²) in [5.74, 6) is 0. The molecule has 1 aromatic heterocycles. The Morgan fingerprint density at radius 3 is 2.76 bits per heavy atom. The maximum absolute atomic E-state index is 5.49. The summed E-state index contributed by atoms with van der Waals surface area (Å²) in [6.45, 7) is 4.66. The van der Waals surface area contributed by atoms with Crippen LogP contribution in [0, 0.1) is 6.92 Å². The van der Waals surface area contributed by atoms with Crippen molar-refractivity contribution in [2.75, 3.05) is 0 Å². The highest BCUT2D eigenvalue weighted by molar-refractivity contribution is 7.09. The van der Waals surface area contributed by atoms with Gasteiger partial charge in [0.2, 0.25) is 0 Å². The normalized spacial score (nSPS) is 12.6. The first-order valence-electron chi connectivity index (χ1n) is 5.58. The van der Waals surface area contributed by atoms with Crippen molar-refractivity contribution in [3.63, 3.8) is 0 Å². The van der Waals surface area contributed by atoms with Crippen molar-refractivity contribution in [2.45, 2.75) is 26.5 Å². The minimum atomic E-state index is 0.172. The van der Waals surface area contributed by atoms with Crippen molar-refractivity contribution >= 4 is 11.3 Å². The van der Waals surface area contributed by atoms with Gasteiger partial charge in [0, 0.05) is 4.88 Å². The largest absolute Gasteiger partial charge is 0.296 e. The minimum Gasteiger partial charge on any atom is -0.296 e. The average Bonchev–Trinajstić information content (AvgIpc) is 2.77. The molecule has 0 amide bonds. The first-order valence-corrected chi connectivity index (χ1v) is 6.46. The summed E-state index contributed by atoms with van der Waals surface area (Å²) in [5.41, 5.74) is 7.13. The van der Waals surface area contributed by atoms with Gasteiger partial charge in [-0.05, 0) is 19.4 Å². The Morgan fingerprint density at radius 2 is 2.12 bits per heavy atom. The molecule has 0 spiro atoms. The zero-order chi connectivity index (χ0) is 12.1. The number of benzene rings is 1. The van der Waals surface area contributed by atoms with E-state index >= 15 is 0 Å². The van der Waals surface area contributed by atoms with Gasteiger partial charge in [0.25, 0.3) is 0 Å². The van der Waals surface area contributed by atoms with Crippen LogP contribution in [0.25, 0.3) is 0 Å². The molecule has 0 saturated heterocycles. The highest BCUT2D eigenvalue weighted by atomic mass is 32.1. The van der Waals surface area contributed by atoms with E-state index < -0.39 is 0 Å². The fourth-order valence-electron chi connectivity index (χ4n) is 1.60. The third-order valence-corrected chi connectivity index (χ3v) is 3.63. The third-order valence-electron chi connectivity index (χ3n) is 2.52. The Bertz CT molecular complexity index is 455. The molecule has 1 atom stereocenters. The molecule has 1 aromatic carbocycles. The van der Waals surface area contributed by atoms with Crippen LogP contribution in [0.4, 0.5) is 0 Å². The minimum absolute atomic E-state index is 0.172. The molecule has 0 aliphatic carbocycles. The van der Waals surface area contributed by atoms with Crippen LogP contribution in [0.2, 0.25) is 0 Å². The Morgan fingerprint density at radius 1 is 1.35 bits per heavy atom. The van der Waals surface area contributed by atoms with E-state index in [0.29, 0.717) is 6.61 Å². The number of hydrogen-bond acceptors (Lipinski definition) is 4. The molecular weight excluding hydrogens is 232 g/mol. The van der Waals surface area contributed by atoms with Crippen LogP contribution in [0.1, 0.15) is 29.1 Å². The second-order valence-corrected chi connectivity index (χ2v) is 4.80. The van der Waals surface area contributed by atoms with E-state index in [2.05, 4.69) is 17.4 Å². The van der Waals surface area contributed by atoms with Crippen LogP contribution in [-0.4, -0.2) is 4.98 Å². The lowest BCUT2D eigenvalue weighted by molar-refractivity contribution is 0.00755. The summed E-state index contributed by atoms with van der Waals surface area (Å²) >= 11 is 1.65. The molecule has 90 valence electrons. The average molecular weight is 248 g/mol. The number of nitrogens with zero attached hydrogens (tertiary/aromatic N) is 1. The highest BCUT2D eigenvalue weighted by Gasteiger charge is 2.10. The third kappa shape index (κ3) is 3.36. The number of thiazole rings is 1. The van der Waals surface area contributed by atoms with E-state index in [9.17, 15) is 0 Å². The molecule has 0 fully saturated rings. The molecule has 2 aromatic rings. The van der Waals surface area contributed by atoms with Gasteiger partial charge in [-0.25, -0.2) is 4.98 Å². The zero-order valence-corrected chi connectivity index (χ0v) is 10.8. The summed E-state index contributed by atoms with van der Waals surface area (Å²) in [6.07, 6.45) is 0. The molecule has 0 saturated carbocycles. The quantitative estimate of drug-likeness (QED) is 0.825. The van der Waals surface area contributed by atoms with E-state index in [1.807, 2.05) is 42.8 Å². The summed E-state index contributed by atoms with van der Waals surface area (Å²) < 4.78 is 0. The van der Waals surface area contributed by atoms with Gasteiger partial charge < -0.3 is 0 Å². The Balaban J connectivity index is 1.81. The van der Waals surface area contributed by atoms with Crippen LogP contribution < -0.4 is 5.48 Å². The number of rotatable bonds is 5. The standard InChI is InChI=1S/C13H16N2OS/c1-10-13(17-9-14-10)11(2)15-16-8-12-6-4-3-5-7-12/h3-7,9,11,15H,8H2,1-2H3. The van der Waals surface area contributed by atoms with Crippen molar-refractivity contribution in [3.05, 3.63) is 52.0 Å². The molecule has 2 rings (SSSR count). The van der Waals surface area contributed by atoms with Gasteiger partial charge in [-0.3, -0.25) is 4.84 Å². The summed E-state index contributed by atoms with van der Waals surface area (Å²) in [5, 5.41) is 0. The van der Waals surface area contributed by atoms with E-state index in [4.69, 9.17) is 4.84 Å². The highest BCUT2D eigenvalue weighted by Crippen LogP contribution is 2.20. The van der Waals surface area contributed by atoms with Crippen LogP contribution in [0.15, 0.2) is 35.8 Å². The predicted molar refractivity (Wildman–Crippen MR) is 69.6 cm³/mol. The second-order valence-electron chi connectivity index (χ2n) is 3.92. The first kappa shape index (κ1) is 12.2. The summed E-state index contributed by atoms with van der Waals surface area (Å²) in [4.78, 5) is 10.9. The van der Waals surface area contributed by atoms with Gasteiger partial charge in [0.05, 0.1) is 23.9 Å². The number of aryl methyl sites for hydroxylation is 1. The van der Waals surface area contributed by atoms with Crippen LogP contribution >= 0.6 is 11.3 Å². The van der Waals surface area contributed by atoms with Gasteiger partial charge in [0.15, 0.2) is 0 Å². The van der Waals surface area contributed by atoms with Crippen LogP contribution in [0.5, 0.6) is 0 Å². The molecule has 17 heavy (non-hydrogen) atoms. The zero-order valence-electron chi connectivity index (χ0n) is 10.0. The van der Waals surface area contributed by atoms with E-state index in [0.717, 1.165) is 11.3 Å². The van der Waals surface area contributed by atoms with Gasteiger partial charge in [0.1, 0.15) is 0 Å². The smallest absolute Gasteiger partial charge is 0.0933 e. The molecule has 1 heterocycles. The van der Waals surface area contributed by atoms with Crippen molar-refractivity contribution in [1.29, 1.82) is 0 Å². The van der Waals surface area contributed by atoms with Crippen LogP contribution in [0.3, 0.4) is 0 Å². The van der Waals surface area contributed by atoms with Gasteiger partial charge in [-0.1, -0.05) is 30.3 Å². The molecule has 0 aliphatic rings. The molecular formula is C13H16N2OS. The molecule has 1 unspecified atom stereocenters. The van der Waals surface area contributed by atoms with Crippen molar-refractivity contribution < 1.29 is 4.84 Å². The number of aromatic nitrogens is 1. The summed E-state index contributed by atoms with van der Waals surface area (Å²) in [7, 11) is 0.